The van der Waals surface area contributed by atoms with E-state index in [1.165, 1.54) is 26.2 Å². The minimum Gasteiger partial charge on any atom is -0.496 e. The monoisotopic (exact) mass is 364 g/mol. The zero-order valence-electron chi connectivity index (χ0n) is 14.0. The summed E-state index contributed by atoms with van der Waals surface area (Å²) >= 11 is 0. The molecule has 0 unspecified atom stereocenters. The number of hydrogen-bond donors (Lipinski definition) is 1. The third kappa shape index (κ3) is 2.87. The molecule has 1 N–H and O–H groups in total. The van der Waals surface area contributed by atoms with E-state index < -0.39 is 34.9 Å². The number of benzene rings is 2. The largest absolute Gasteiger partial charge is 0.496 e. The Morgan fingerprint density at radius 3 is 2.42 bits per heavy atom. The number of urea groups is 1. The van der Waals surface area contributed by atoms with E-state index in [1.807, 2.05) is 0 Å². The van der Waals surface area contributed by atoms with Crippen molar-refractivity contribution in [3.63, 3.8) is 0 Å². The summed E-state index contributed by atoms with van der Waals surface area (Å²) in [6.45, 7) is 1.01. The molecule has 26 heavy (non-hydrogen) atoms. The normalized spacial score (nSPS) is 19.7. The zero-order valence-corrected chi connectivity index (χ0v) is 14.0. The fourth-order valence-corrected chi connectivity index (χ4v) is 2.94. The van der Waals surface area contributed by atoms with Crippen LogP contribution >= 0.6 is 0 Å². The number of nitrogens with one attached hydrogen (secondary N) is 1. The van der Waals surface area contributed by atoms with Gasteiger partial charge in [0.15, 0.2) is 0 Å². The van der Waals surface area contributed by atoms with Crippen LogP contribution in [0.2, 0.25) is 0 Å². The van der Waals surface area contributed by atoms with Crippen LogP contribution in [0.3, 0.4) is 0 Å². The molecule has 0 spiro atoms. The van der Waals surface area contributed by atoms with Gasteiger partial charge in [-0.3, -0.25) is 9.69 Å². The molecule has 0 saturated carbocycles. The molecule has 1 aliphatic heterocycles. The van der Waals surface area contributed by atoms with Crippen molar-refractivity contribution in [1.82, 2.24) is 10.2 Å². The van der Waals surface area contributed by atoms with Crippen molar-refractivity contribution in [1.29, 1.82) is 0 Å². The Labute approximate surface area is 147 Å². The van der Waals surface area contributed by atoms with Crippen LogP contribution in [-0.4, -0.2) is 23.9 Å². The third-order valence-electron chi connectivity index (χ3n) is 4.31. The smallest absolute Gasteiger partial charge is 0.325 e. The Balaban J connectivity index is 1.97. The number of halogens is 3. The summed E-state index contributed by atoms with van der Waals surface area (Å²) in [6, 6.07) is 5.55. The van der Waals surface area contributed by atoms with Gasteiger partial charge in [0, 0.05) is 11.1 Å². The first-order valence-electron chi connectivity index (χ1n) is 7.68. The summed E-state index contributed by atoms with van der Waals surface area (Å²) in [5, 5.41) is 2.38. The number of amides is 3. The van der Waals surface area contributed by atoms with Gasteiger partial charge in [-0.1, -0.05) is 0 Å². The third-order valence-corrected chi connectivity index (χ3v) is 4.31. The topological polar surface area (TPSA) is 58.6 Å². The first-order chi connectivity index (χ1) is 12.3. The molecule has 3 rings (SSSR count). The van der Waals surface area contributed by atoms with Crippen molar-refractivity contribution in [2.45, 2.75) is 19.0 Å². The lowest BCUT2D eigenvalue weighted by atomic mass is 9.91. The fraction of sp³-hybridized carbons (Fsp3) is 0.222. The molecule has 1 heterocycles. The lowest BCUT2D eigenvalue weighted by Crippen LogP contribution is -2.41. The van der Waals surface area contributed by atoms with E-state index in [2.05, 4.69) is 5.32 Å². The lowest BCUT2D eigenvalue weighted by Gasteiger charge is -2.23. The quantitative estimate of drug-likeness (QED) is 0.849. The van der Waals surface area contributed by atoms with Crippen molar-refractivity contribution in [2.24, 2.45) is 0 Å². The van der Waals surface area contributed by atoms with Gasteiger partial charge < -0.3 is 10.1 Å². The van der Waals surface area contributed by atoms with Crippen LogP contribution in [0, 0.1) is 17.5 Å². The molecular formula is C18H15F3N2O3. The number of methoxy groups -OCH3 is 1. The number of carbonyl (C=O) groups is 2. The lowest BCUT2D eigenvalue weighted by molar-refractivity contribution is -0.131. The average molecular weight is 364 g/mol. The van der Waals surface area contributed by atoms with Gasteiger partial charge in [-0.15, -0.1) is 0 Å². The van der Waals surface area contributed by atoms with Crippen molar-refractivity contribution in [3.05, 3.63) is 65.0 Å². The number of carbonyl (C=O) groups excluding carboxylic acids is 2. The van der Waals surface area contributed by atoms with Crippen LogP contribution in [0.1, 0.15) is 18.1 Å². The first kappa shape index (κ1) is 17.8. The van der Waals surface area contributed by atoms with Crippen molar-refractivity contribution in [2.75, 3.05) is 7.11 Å². The summed E-state index contributed by atoms with van der Waals surface area (Å²) < 4.78 is 46.3. The predicted molar refractivity (Wildman–Crippen MR) is 85.7 cm³/mol. The molecule has 136 valence electrons. The molecular weight excluding hydrogens is 349 g/mol. The molecule has 1 fully saturated rings. The van der Waals surface area contributed by atoms with E-state index in [1.54, 1.807) is 0 Å². The Morgan fingerprint density at radius 2 is 1.73 bits per heavy atom. The van der Waals surface area contributed by atoms with Crippen LogP contribution in [0.5, 0.6) is 5.75 Å². The van der Waals surface area contributed by atoms with Gasteiger partial charge in [0.05, 0.1) is 13.7 Å². The standard InChI is InChI=1S/C18H15F3N2O3/c1-18(13-8-12(20)3-5-14(13)21)16(24)23(17(25)22-18)9-10-7-11(19)4-6-15(10)26-2/h3-8H,9H2,1-2H3,(H,22,25)/t18-/m0/s1. The van der Waals surface area contributed by atoms with Crippen molar-refractivity contribution >= 4 is 11.9 Å². The van der Waals surface area contributed by atoms with Gasteiger partial charge in [-0.2, -0.15) is 0 Å². The van der Waals surface area contributed by atoms with Gasteiger partial charge >= 0.3 is 6.03 Å². The van der Waals surface area contributed by atoms with Crippen molar-refractivity contribution < 1.29 is 27.5 Å². The molecule has 0 aromatic heterocycles. The Morgan fingerprint density at radius 1 is 1.08 bits per heavy atom. The Hall–Kier alpha value is -3.03. The molecule has 3 amide bonds. The van der Waals surface area contributed by atoms with Crippen LogP contribution in [0.4, 0.5) is 18.0 Å². The highest BCUT2D eigenvalue weighted by Gasteiger charge is 2.50. The molecule has 1 saturated heterocycles. The Kier molecular flexibility index (Phi) is 4.35. The van der Waals surface area contributed by atoms with E-state index >= 15 is 0 Å². The van der Waals surface area contributed by atoms with Gasteiger partial charge in [0.2, 0.25) is 0 Å². The van der Waals surface area contributed by atoms with E-state index in [0.29, 0.717) is 0 Å². The molecule has 0 radical (unpaired) electrons. The van der Waals surface area contributed by atoms with E-state index in [4.69, 9.17) is 4.74 Å². The number of rotatable bonds is 4. The summed E-state index contributed by atoms with van der Waals surface area (Å²) in [5.41, 5.74) is -1.80. The maximum atomic E-state index is 14.1. The van der Waals surface area contributed by atoms with Crippen molar-refractivity contribution in [3.8, 4) is 5.75 Å². The number of ether oxygens (including phenoxy) is 1. The second kappa shape index (κ2) is 6.36. The predicted octanol–water partition coefficient (Wildman–Crippen LogP) is 3.08. The number of imide groups is 1. The molecule has 1 atom stereocenters. The summed E-state index contributed by atoms with van der Waals surface area (Å²) in [6.07, 6.45) is 0. The molecule has 1 aliphatic rings. The molecule has 5 nitrogen and oxygen atoms in total. The van der Waals surface area contributed by atoms with Crippen LogP contribution in [-0.2, 0) is 16.9 Å². The summed E-state index contributed by atoms with van der Waals surface area (Å²) in [5.74, 6) is -2.62. The highest BCUT2D eigenvalue weighted by Crippen LogP contribution is 2.33. The SMILES string of the molecule is COc1ccc(F)cc1CN1C(=O)N[C@@](C)(c2cc(F)ccc2F)C1=O. The average Bonchev–Trinajstić information content (AvgIpc) is 2.81. The second-order valence-corrected chi connectivity index (χ2v) is 6.03. The molecule has 2 aromatic rings. The van der Waals surface area contributed by atoms with Crippen LogP contribution in [0.15, 0.2) is 36.4 Å². The van der Waals surface area contributed by atoms with E-state index in [0.717, 1.165) is 29.2 Å². The van der Waals surface area contributed by atoms with E-state index in [9.17, 15) is 22.8 Å². The maximum absolute atomic E-state index is 14.1. The highest BCUT2D eigenvalue weighted by molar-refractivity contribution is 6.07. The molecule has 2 aromatic carbocycles. The minimum absolute atomic E-state index is 0.264. The molecule has 0 bridgehead atoms. The maximum Gasteiger partial charge on any atom is 0.325 e. The second-order valence-electron chi connectivity index (χ2n) is 6.03. The van der Waals surface area contributed by atoms with Gasteiger partial charge in [-0.25, -0.2) is 18.0 Å². The highest BCUT2D eigenvalue weighted by atomic mass is 19.1. The Bertz CT molecular complexity index is 903. The zero-order chi connectivity index (χ0) is 19.1. The van der Waals surface area contributed by atoms with E-state index in [-0.39, 0.29) is 23.4 Å². The molecule has 0 aliphatic carbocycles. The number of nitrogens with zero attached hydrogens (tertiary/aromatic N) is 1. The van der Waals surface area contributed by atoms with Gasteiger partial charge in [-0.05, 0) is 43.3 Å². The van der Waals surface area contributed by atoms with Gasteiger partial charge in [0.1, 0.15) is 28.7 Å². The van der Waals surface area contributed by atoms with Crippen LogP contribution < -0.4 is 10.1 Å². The molecule has 8 heteroatoms. The summed E-state index contributed by atoms with van der Waals surface area (Å²) in [7, 11) is 1.37. The first-order valence-corrected chi connectivity index (χ1v) is 7.68. The number of hydrogen-bond acceptors (Lipinski definition) is 3. The van der Waals surface area contributed by atoms with Gasteiger partial charge in [0.25, 0.3) is 5.91 Å². The minimum atomic E-state index is -1.77. The fourth-order valence-electron chi connectivity index (χ4n) is 2.94. The van der Waals surface area contributed by atoms with Crippen LogP contribution in [0.25, 0.3) is 0 Å². The summed E-state index contributed by atoms with van der Waals surface area (Å²) in [4.78, 5) is 25.9.